The Labute approximate surface area is 355 Å². The van der Waals surface area contributed by atoms with Gasteiger partial charge in [-0.2, -0.15) is 5.06 Å². The van der Waals surface area contributed by atoms with E-state index >= 15 is 0 Å². The molecule has 0 aliphatic heterocycles. The fourth-order valence-corrected chi connectivity index (χ4v) is 6.56. The number of hydrogen-bond acceptors (Lipinski definition) is 11. The minimum atomic E-state index is -1.24. The van der Waals surface area contributed by atoms with Crippen molar-refractivity contribution in [2.75, 3.05) is 13.3 Å². The van der Waals surface area contributed by atoms with Crippen molar-refractivity contribution >= 4 is 41.9 Å². The Morgan fingerprint density at radius 3 is 2.16 bits per heavy atom. The number of rotatable bonds is 25. The third-order valence-electron chi connectivity index (χ3n) is 9.62. The van der Waals surface area contributed by atoms with E-state index in [9.17, 15) is 33.6 Å². The lowest BCUT2D eigenvalue weighted by atomic mass is 9.90. The number of nitrogens with zero attached hydrogens (tertiary/aromatic N) is 1. The van der Waals surface area contributed by atoms with Crippen molar-refractivity contribution in [3.63, 3.8) is 0 Å². The van der Waals surface area contributed by atoms with Crippen LogP contribution in [0.3, 0.4) is 0 Å². The minimum absolute atomic E-state index is 0.0307. The maximum absolute atomic E-state index is 13.6. The molecule has 4 aromatic rings. The third-order valence-corrected chi connectivity index (χ3v) is 9.62. The van der Waals surface area contributed by atoms with Gasteiger partial charge in [-0.05, 0) is 62.1 Å². The van der Waals surface area contributed by atoms with E-state index in [4.69, 9.17) is 18.7 Å². The van der Waals surface area contributed by atoms with Gasteiger partial charge in [0.05, 0.1) is 37.2 Å². The van der Waals surface area contributed by atoms with E-state index in [-0.39, 0.29) is 61.3 Å². The van der Waals surface area contributed by atoms with E-state index in [1.807, 2.05) is 19.1 Å². The normalized spacial score (nSPS) is 12.2. The van der Waals surface area contributed by atoms with Gasteiger partial charge in [0.2, 0.25) is 12.3 Å². The highest BCUT2D eigenvalue weighted by Crippen LogP contribution is 2.29. The van der Waals surface area contributed by atoms with Gasteiger partial charge in [0.15, 0.2) is 5.76 Å². The predicted octanol–water partition coefficient (Wildman–Crippen LogP) is 6.10. The predicted molar refractivity (Wildman–Crippen MR) is 224 cm³/mol. The zero-order valence-electron chi connectivity index (χ0n) is 35.0. The van der Waals surface area contributed by atoms with E-state index in [1.165, 1.54) is 19.1 Å². The molecule has 3 N–H and O–H groups in total. The van der Waals surface area contributed by atoms with Crippen molar-refractivity contribution in [3.05, 3.63) is 113 Å². The van der Waals surface area contributed by atoms with Gasteiger partial charge in [0.25, 0.3) is 11.8 Å². The molecule has 1 aromatic heterocycles. The summed E-state index contributed by atoms with van der Waals surface area (Å²) >= 11 is 0. The van der Waals surface area contributed by atoms with E-state index in [1.54, 1.807) is 80.6 Å². The van der Waals surface area contributed by atoms with Crippen LogP contribution in [0, 0.1) is 5.92 Å². The molecule has 4 amide bonds. The second kappa shape index (κ2) is 24.3. The summed E-state index contributed by atoms with van der Waals surface area (Å²) in [7, 11) is 0. The summed E-state index contributed by atoms with van der Waals surface area (Å²) in [6.07, 6.45) is 3.27. The molecule has 0 radical (unpaired) electrons. The van der Waals surface area contributed by atoms with Gasteiger partial charge in [-0.25, -0.2) is 9.59 Å². The number of carbonyl (C=O) groups excluding carboxylic acids is 7. The molecule has 0 bridgehead atoms. The number of Topliss-reactive ketones (excluding diaryl/α,β-unsaturated/α-hetero) is 1. The molecule has 0 aliphatic rings. The van der Waals surface area contributed by atoms with Crippen LogP contribution in [-0.4, -0.2) is 72.3 Å². The summed E-state index contributed by atoms with van der Waals surface area (Å²) < 4.78 is 17.0. The molecule has 1 heterocycles. The largest absolute Gasteiger partial charge is 0.493 e. The van der Waals surface area contributed by atoms with E-state index in [2.05, 4.69) is 16.0 Å². The van der Waals surface area contributed by atoms with Crippen molar-refractivity contribution in [2.45, 2.75) is 91.3 Å². The molecule has 0 unspecified atom stereocenters. The van der Waals surface area contributed by atoms with Gasteiger partial charge in [0.1, 0.15) is 29.9 Å². The molecule has 0 saturated heterocycles. The van der Waals surface area contributed by atoms with Crippen LogP contribution >= 0.6 is 0 Å². The number of ether oxygens (including phenoxy) is 2. The number of amides is 4. The summed E-state index contributed by atoms with van der Waals surface area (Å²) in [6.45, 7) is 6.77. The number of carbonyl (C=O) groups is 7. The minimum Gasteiger partial charge on any atom is -0.493 e. The summed E-state index contributed by atoms with van der Waals surface area (Å²) in [5.41, 5.74) is 2.03. The highest BCUT2D eigenvalue weighted by molar-refractivity contribution is 6.00. The Kier molecular flexibility index (Phi) is 18.7. The second-order valence-electron chi connectivity index (χ2n) is 14.2. The molecule has 0 aliphatic carbocycles. The van der Waals surface area contributed by atoms with Crippen molar-refractivity contribution in [1.29, 1.82) is 0 Å². The van der Waals surface area contributed by atoms with Crippen LogP contribution in [0.15, 0.2) is 95.4 Å². The van der Waals surface area contributed by atoms with Crippen LogP contribution < -0.4 is 20.7 Å². The Morgan fingerprint density at radius 1 is 0.820 bits per heavy atom. The van der Waals surface area contributed by atoms with Gasteiger partial charge in [-0.1, -0.05) is 99.8 Å². The Bertz CT molecular complexity index is 2090. The number of benzene rings is 3. The summed E-state index contributed by atoms with van der Waals surface area (Å²) in [6, 6.07) is 23.6. The first-order chi connectivity index (χ1) is 29.5. The van der Waals surface area contributed by atoms with Crippen LogP contribution in [-0.2, 0) is 46.6 Å². The van der Waals surface area contributed by atoms with Crippen molar-refractivity contribution in [3.8, 4) is 17.1 Å². The average Bonchev–Trinajstić information content (AvgIpc) is 3.76. The molecule has 324 valence electrons. The smallest absolute Gasteiger partial charge is 0.336 e. The Balaban J connectivity index is 1.39. The standard InChI is InChI=1S/C46H54N4O11/c1-5-8-11-20-35(38(6-2)50(30-51)61-42(53)26-32-16-12-9-13-17-32)43(54)47-29-48-45(56)40-24-23-39(60-40)34-21-22-36(41(27-34)58-7-3)44(55)49-37(25-31(4)52)46(57)59-28-33-18-14-10-15-19-33/h9-10,12-19,21-24,27,30,35,37-38H,5-8,11,20,25-26,28-29H2,1-4H3,(H,47,54)(H,48,56)(H,49,55)/t35-,37+,38-/m1/s1. The van der Waals surface area contributed by atoms with Crippen molar-refractivity contribution < 1.29 is 52.3 Å². The number of hydrogen-bond donors (Lipinski definition) is 3. The van der Waals surface area contributed by atoms with E-state index < -0.39 is 47.7 Å². The molecule has 0 fully saturated rings. The lowest BCUT2D eigenvalue weighted by Crippen LogP contribution is -2.49. The first kappa shape index (κ1) is 46.9. The summed E-state index contributed by atoms with van der Waals surface area (Å²) in [5, 5.41) is 8.85. The van der Waals surface area contributed by atoms with E-state index in [0.717, 1.165) is 23.5 Å². The first-order valence-electron chi connectivity index (χ1n) is 20.4. The number of hydroxylamine groups is 2. The Hall–Kier alpha value is -6.77. The molecule has 0 spiro atoms. The molecule has 15 nitrogen and oxygen atoms in total. The number of nitrogens with one attached hydrogen (secondary N) is 3. The molecule has 4 rings (SSSR count). The van der Waals surface area contributed by atoms with Gasteiger partial charge in [-0.15, -0.1) is 0 Å². The summed E-state index contributed by atoms with van der Waals surface area (Å²) in [4.78, 5) is 95.5. The topological polar surface area (TPSA) is 200 Å². The highest BCUT2D eigenvalue weighted by atomic mass is 16.7. The average molecular weight is 839 g/mol. The SMILES string of the molecule is CCCCC[C@@H](C(=O)NCNC(=O)c1ccc(-c2ccc(C(=O)N[C@@H](CC(C)=O)C(=O)OCc3ccccc3)c(OCC)c2)o1)[C@@H](CC)N(C=O)OC(=O)Cc1ccccc1. The highest BCUT2D eigenvalue weighted by Gasteiger charge is 2.33. The molecule has 61 heavy (non-hydrogen) atoms. The number of furan rings is 1. The van der Waals surface area contributed by atoms with Gasteiger partial charge in [0, 0.05) is 12.0 Å². The van der Waals surface area contributed by atoms with E-state index in [0.29, 0.717) is 36.8 Å². The van der Waals surface area contributed by atoms with Crippen LogP contribution in [0.1, 0.15) is 98.3 Å². The maximum Gasteiger partial charge on any atom is 0.336 e. The third kappa shape index (κ3) is 14.5. The molecular weight excluding hydrogens is 785 g/mol. The fraction of sp³-hybridized carbons (Fsp3) is 0.370. The second-order valence-corrected chi connectivity index (χ2v) is 14.2. The van der Waals surface area contributed by atoms with Crippen molar-refractivity contribution in [2.24, 2.45) is 5.92 Å². The number of ketones is 1. The monoisotopic (exact) mass is 838 g/mol. The van der Waals surface area contributed by atoms with Crippen LogP contribution in [0.25, 0.3) is 11.3 Å². The van der Waals surface area contributed by atoms with Gasteiger partial charge >= 0.3 is 11.9 Å². The van der Waals surface area contributed by atoms with Crippen LogP contribution in [0.2, 0.25) is 0 Å². The molecule has 0 saturated carbocycles. The zero-order valence-corrected chi connectivity index (χ0v) is 35.0. The molecule has 3 atom stereocenters. The lowest BCUT2D eigenvalue weighted by Gasteiger charge is -2.31. The maximum atomic E-state index is 13.6. The van der Waals surface area contributed by atoms with Crippen LogP contribution in [0.4, 0.5) is 0 Å². The number of unbranched alkanes of at least 4 members (excludes halogenated alkanes) is 2. The van der Waals surface area contributed by atoms with Gasteiger partial charge in [-0.3, -0.25) is 24.0 Å². The molecule has 15 heteroatoms. The molecular formula is C46H54N4O11. The van der Waals surface area contributed by atoms with Crippen LogP contribution in [0.5, 0.6) is 5.75 Å². The van der Waals surface area contributed by atoms with Gasteiger partial charge < -0.3 is 34.7 Å². The Morgan fingerprint density at radius 2 is 1.52 bits per heavy atom. The lowest BCUT2D eigenvalue weighted by molar-refractivity contribution is -0.203. The van der Waals surface area contributed by atoms with Crippen molar-refractivity contribution in [1.82, 2.24) is 21.0 Å². The first-order valence-corrected chi connectivity index (χ1v) is 20.4. The molecule has 3 aromatic carbocycles. The fourth-order valence-electron chi connectivity index (χ4n) is 6.56. The quantitative estimate of drug-likeness (QED) is 0.0229. The number of esters is 1. The zero-order chi connectivity index (χ0) is 44.1. The summed E-state index contributed by atoms with van der Waals surface area (Å²) in [5.74, 6) is -3.80.